The third kappa shape index (κ3) is 4.44. The van der Waals surface area contributed by atoms with Crippen LogP contribution in [0.25, 0.3) is 11.3 Å². The van der Waals surface area contributed by atoms with E-state index in [0.29, 0.717) is 35.2 Å². The molecule has 1 aromatic heterocycles. The fraction of sp³-hybridized carbons (Fsp3) is 0.158. The highest BCUT2D eigenvalue weighted by atomic mass is 35.5. The van der Waals surface area contributed by atoms with E-state index >= 15 is 0 Å². The molecular formula is C19H15ClF3NO. The van der Waals surface area contributed by atoms with Gasteiger partial charge in [0.2, 0.25) is 0 Å². The van der Waals surface area contributed by atoms with Crippen LogP contribution in [0, 0.1) is 0 Å². The molecule has 0 unspecified atom stereocenters. The Kier molecular flexibility index (Phi) is 5.16. The number of nitrogens with one attached hydrogen (secondary N) is 1. The van der Waals surface area contributed by atoms with E-state index < -0.39 is 11.7 Å². The number of benzene rings is 2. The molecule has 2 aromatic carbocycles. The van der Waals surface area contributed by atoms with Crippen LogP contribution in [0.2, 0.25) is 5.02 Å². The summed E-state index contributed by atoms with van der Waals surface area (Å²) in [7, 11) is 0. The Morgan fingerprint density at radius 2 is 1.72 bits per heavy atom. The van der Waals surface area contributed by atoms with Crippen LogP contribution in [-0.4, -0.2) is 0 Å². The van der Waals surface area contributed by atoms with Crippen LogP contribution in [0.15, 0.2) is 65.1 Å². The number of furan rings is 1. The molecule has 3 rings (SSSR count). The molecule has 1 N–H and O–H groups in total. The molecule has 0 spiro atoms. The van der Waals surface area contributed by atoms with Crippen molar-refractivity contribution in [3.8, 4) is 11.3 Å². The topological polar surface area (TPSA) is 25.2 Å². The van der Waals surface area contributed by atoms with Crippen molar-refractivity contribution < 1.29 is 17.6 Å². The Hall–Kier alpha value is -2.24. The van der Waals surface area contributed by atoms with Gasteiger partial charge in [-0.25, -0.2) is 0 Å². The van der Waals surface area contributed by atoms with Gasteiger partial charge in [0.25, 0.3) is 0 Å². The zero-order valence-corrected chi connectivity index (χ0v) is 13.9. The first-order chi connectivity index (χ1) is 11.9. The Labute approximate surface area is 148 Å². The van der Waals surface area contributed by atoms with Gasteiger partial charge in [-0.05, 0) is 35.9 Å². The van der Waals surface area contributed by atoms with Crippen molar-refractivity contribution in [1.82, 2.24) is 5.32 Å². The van der Waals surface area contributed by atoms with Gasteiger partial charge in [0.15, 0.2) is 0 Å². The number of hydrogen-bond donors (Lipinski definition) is 1. The van der Waals surface area contributed by atoms with Gasteiger partial charge in [0.05, 0.1) is 12.1 Å². The number of alkyl halides is 3. The lowest BCUT2D eigenvalue weighted by atomic mass is 10.1. The molecule has 0 bridgehead atoms. The van der Waals surface area contributed by atoms with E-state index in [1.807, 2.05) is 24.3 Å². The first-order valence-electron chi connectivity index (χ1n) is 7.64. The fourth-order valence-electron chi connectivity index (χ4n) is 2.44. The maximum atomic E-state index is 12.8. The smallest absolute Gasteiger partial charge is 0.416 e. The largest absolute Gasteiger partial charge is 0.460 e. The minimum absolute atomic E-state index is 0.396. The van der Waals surface area contributed by atoms with Crippen LogP contribution < -0.4 is 5.32 Å². The molecule has 0 saturated carbocycles. The fourth-order valence-corrected chi connectivity index (χ4v) is 2.64. The predicted octanol–water partition coefficient (Wildman–Crippen LogP) is 5.91. The van der Waals surface area contributed by atoms with Crippen LogP contribution in [-0.2, 0) is 19.3 Å². The second-order valence-electron chi connectivity index (χ2n) is 5.54. The van der Waals surface area contributed by atoms with Crippen molar-refractivity contribution in [2.45, 2.75) is 19.3 Å². The summed E-state index contributed by atoms with van der Waals surface area (Å²) in [6, 6.07) is 16.0. The number of hydrogen-bond acceptors (Lipinski definition) is 2. The van der Waals surface area contributed by atoms with Crippen molar-refractivity contribution in [3.63, 3.8) is 0 Å². The molecule has 0 saturated heterocycles. The van der Waals surface area contributed by atoms with Crippen molar-refractivity contribution in [2.75, 3.05) is 0 Å². The molecule has 0 aliphatic carbocycles. The van der Waals surface area contributed by atoms with E-state index in [1.54, 1.807) is 18.2 Å². The lowest BCUT2D eigenvalue weighted by Gasteiger charge is -2.07. The average molecular weight is 366 g/mol. The van der Waals surface area contributed by atoms with Gasteiger partial charge in [0, 0.05) is 17.1 Å². The lowest BCUT2D eigenvalue weighted by molar-refractivity contribution is -0.137. The van der Waals surface area contributed by atoms with Crippen LogP contribution in [0.3, 0.4) is 0 Å². The lowest BCUT2D eigenvalue weighted by Crippen LogP contribution is -2.12. The summed E-state index contributed by atoms with van der Waals surface area (Å²) in [5.41, 5.74) is 0.667. The zero-order valence-electron chi connectivity index (χ0n) is 13.1. The molecule has 0 fully saturated rings. The van der Waals surface area contributed by atoms with E-state index in [-0.39, 0.29) is 0 Å². The van der Waals surface area contributed by atoms with Gasteiger partial charge in [0.1, 0.15) is 11.5 Å². The minimum Gasteiger partial charge on any atom is -0.460 e. The second-order valence-corrected chi connectivity index (χ2v) is 5.95. The van der Waals surface area contributed by atoms with E-state index in [0.717, 1.165) is 17.7 Å². The van der Waals surface area contributed by atoms with Crippen molar-refractivity contribution >= 4 is 11.6 Å². The number of rotatable bonds is 5. The molecule has 1 heterocycles. The summed E-state index contributed by atoms with van der Waals surface area (Å²) < 4.78 is 44.0. The third-order valence-electron chi connectivity index (χ3n) is 3.71. The maximum Gasteiger partial charge on any atom is 0.416 e. The van der Waals surface area contributed by atoms with Gasteiger partial charge in [-0.1, -0.05) is 41.9 Å². The van der Waals surface area contributed by atoms with Gasteiger partial charge in [-0.2, -0.15) is 13.2 Å². The van der Waals surface area contributed by atoms with Gasteiger partial charge < -0.3 is 9.73 Å². The van der Waals surface area contributed by atoms with E-state index in [9.17, 15) is 13.2 Å². The molecule has 0 amide bonds. The molecule has 2 nitrogen and oxygen atoms in total. The predicted molar refractivity (Wildman–Crippen MR) is 91.1 cm³/mol. The zero-order chi connectivity index (χ0) is 17.9. The Bertz CT molecular complexity index is 858. The highest BCUT2D eigenvalue weighted by Gasteiger charge is 2.30. The van der Waals surface area contributed by atoms with Crippen LogP contribution in [0.4, 0.5) is 13.2 Å². The molecule has 0 aliphatic rings. The van der Waals surface area contributed by atoms with Crippen molar-refractivity contribution in [1.29, 1.82) is 0 Å². The first-order valence-corrected chi connectivity index (χ1v) is 8.02. The molecule has 0 atom stereocenters. The Morgan fingerprint density at radius 3 is 2.48 bits per heavy atom. The highest BCUT2D eigenvalue weighted by molar-refractivity contribution is 6.31. The SMILES string of the molecule is FC(F)(F)c1cccc(-c2ccc(CNCc3ccccc3Cl)o2)c1. The average Bonchev–Trinajstić information content (AvgIpc) is 3.05. The van der Waals surface area contributed by atoms with Gasteiger partial charge in [-0.15, -0.1) is 0 Å². The molecular weight excluding hydrogens is 351 g/mol. The summed E-state index contributed by atoms with van der Waals surface area (Å²) in [5.74, 6) is 1.04. The number of halogens is 4. The summed E-state index contributed by atoms with van der Waals surface area (Å²) in [6.07, 6.45) is -4.37. The maximum absolute atomic E-state index is 12.8. The molecule has 0 aliphatic heterocycles. The van der Waals surface area contributed by atoms with Crippen LogP contribution in [0.1, 0.15) is 16.9 Å². The highest BCUT2D eigenvalue weighted by Crippen LogP contribution is 2.32. The minimum atomic E-state index is -4.37. The van der Waals surface area contributed by atoms with Crippen molar-refractivity contribution in [3.05, 3.63) is 82.6 Å². The Morgan fingerprint density at radius 1 is 0.920 bits per heavy atom. The molecule has 130 valence electrons. The summed E-state index contributed by atoms with van der Waals surface area (Å²) in [6.45, 7) is 1.02. The first kappa shape index (κ1) is 17.6. The Balaban J connectivity index is 1.66. The van der Waals surface area contributed by atoms with E-state index in [2.05, 4.69) is 5.32 Å². The van der Waals surface area contributed by atoms with Gasteiger partial charge >= 0.3 is 6.18 Å². The second kappa shape index (κ2) is 7.33. The van der Waals surface area contributed by atoms with Crippen molar-refractivity contribution in [2.24, 2.45) is 0 Å². The summed E-state index contributed by atoms with van der Waals surface area (Å²) in [4.78, 5) is 0. The van der Waals surface area contributed by atoms with Crippen LogP contribution >= 0.6 is 11.6 Å². The summed E-state index contributed by atoms with van der Waals surface area (Å²) >= 11 is 6.09. The molecule has 0 radical (unpaired) electrons. The summed E-state index contributed by atoms with van der Waals surface area (Å²) in [5, 5.41) is 3.88. The molecule has 25 heavy (non-hydrogen) atoms. The van der Waals surface area contributed by atoms with E-state index in [1.165, 1.54) is 6.07 Å². The molecule has 6 heteroatoms. The third-order valence-corrected chi connectivity index (χ3v) is 4.08. The molecule has 3 aromatic rings. The van der Waals surface area contributed by atoms with E-state index in [4.69, 9.17) is 16.0 Å². The normalized spacial score (nSPS) is 11.7. The van der Waals surface area contributed by atoms with Crippen LogP contribution in [0.5, 0.6) is 0 Å². The van der Waals surface area contributed by atoms with Gasteiger partial charge in [-0.3, -0.25) is 0 Å². The quantitative estimate of drug-likeness (QED) is 0.608. The monoisotopic (exact) mass is 365 g/mol. The standard InChI is InChI=1S/C19H15ClF3NO/c20-17-7-2-1-4-14(17)11-24-12-16-8-9-18(25-16)13-5-3-6-15(10-13)19(21,22)23/h1-10,24H,11-12H2.